The molecule has 2 aromatic rings. The van der Waals surface area contributed by atoms with Crippen LogP contribution in [0.2, 0.25) is 0 Å². The minimum absolute atomic E-state index is 0.751. The number of nitrogens with two attached hydrogens (primary N) is 1. The third-order valence-corrected chi connectivity index (χ3v) is 2.94. The van der Waals surface area contributed by atoms with E-state index in [9.17, 15) is 0 Å². The van der Waals surface area contributed by atoms with Gasteiger partial charge in [0.25, 0.3) is 0 Å². The summed E-state index contributed by atoms with van der Waals surface area (Å²) in [6.07, 6.45) is 3.27. The first kappa shape index (κ1) is 11.9. The number of nitrogen functional groups attached to an aromatic ring is 1. The van der Waals surface area contributed by atoms with Crippen LogP contribution in [0.1, 0.15) is 5.56 Å². The van der Waals surface area contributed by atoms with Crippen LogP contribution in [0.25, 0.3) is 0 Å². The van der Waals surface area contributed by atoms with Gasteiger partial charge in [0.15, 0.2) is 0 Å². The van der Waals surface area contributed by atoms with Gasteiger partial charge in [-0.2, -0.15) is 0 Å². The highest BCUT2D eigenvalue weighted by Gasteiger charge is 2.07. The van der Waals surface area contributed by atoms with Crippen molar-refractivity contribution in [3.63, 3.8) is 0 Å². The van der Waals surface area contributed by atoms with Crippen LogP contribution in [0.5, 0.6) is 0 Å². The van der Waals surface area contributed by atoms with Crippen molar-refractivity contribution in [2.45, 2.75) is 6.54 Å². The van der Waals surface area contributed by atoms with Gasteiger partial charge in [-0.05, 0) is 33.6 Å². The van der Waals surface area contributed by atoms with E-state index in [0.29, 0.717) is 0 Å². The molecule has 0 saturated heterocycles. The van der Waals surface area contributed by atoms with Crippen LogP contribution < -0.4 is 10.6 Å². The summed E-state index contributed by atoms with van der Waals surface area (Å²) in [6, 6.07) is 7.84. The lowest BCUT2D eigenvalue weighted by molar-refractivity contribution is 0.886. The molecular formula is C12H13BrN4. The van der Waals surface area contributed by atoms with E-state index in [1.165, 1.54) is 6.33 Å². The molecule has 0 aliphatic heterocycles. The average molecular weight is 293 g/mol. The van der Waals surface area contributed by atoms with Gasteiger partial charge in [0.1, 0.15) is 12.1 Å². The van der Waals surface area contributed by atoms with Gasteiger partial charge in [0.2, 0.25) is 0 Å². The molecule has 0 radical (unpaired) electrons. The Balaban J connectivity index is 2.17. The van der Waals surface area contributed by atoms with Gasteiger partial charge >= 0.3 is 0 Å². The van der Waals surface area contributed by atoms with E-state index in [2.05, 4.69) is 25.9 Å². The molecule has 1 aromatic carbocycles. The zero-order valence-electron chi connectivity index (χ0n) is 9.47. The van der Waals surface area contributed by atoms with Gasteiger partial charge in [0, 0.05) is 25.5 Å². The predicted octanol–water partition coefficient (Wildman–Crippen LogP) is 2.46. The normalized spacial score (nSPS) is 10.2. The van der Waals surface area contributed by atoms with Crippen molar-refractivity contribution < 1.29 is 0 Å². The number of nitrogens with zero attached hydrogens (tertiary/aromatic N) is 3. The quantitative estimate of drug-likeness (QED) is 0.883. The highest BCUT2D eigenvalue weighted by atomic mass is 79.9. The number of hydrogen-bond donors (Lipinski definition) is 1. The van der Waals surface area contributed by atoms with Crippen LogP contribution in [-0.4, -0.2) is 17.0 Å². The molecule has 4 nitrogen and oxygen atoms in total. The maximum atomic E-state index is 5.75. The van der Waals surface area contributed by atoms with Crippen LogP contribution in [0.3, 0.4) is 0 Å². The van der Waals surface area contributed by atoms with E-state index in [1.54, 1.807) is 6.20 Å². The zero-order chi connectivity index (χ0) is 12.3. The largest absolute Gasteiger partial charge is 0.399 e. The molecule has 1 aromatic heterocycles. The maximum Gasteiger partial charge on any atom is 0.146 e. The lowest BCUT2D eigenvalue weighted by Crippen LogP contribution is -2.18. The smallest absolute Gasteiger partial charge is 0.146 e. The Bertz CT molecular complexity index is 515. The second kappa shape index (κ2) is 5.14. The summed E-state index contributed by atoms with van der Waals surface area (Å²) in [5.41, 5.74) is 7.68. The number of benzene rings is 1. The Morgan fingerprint density at radius 2 is 2.24 bits per heavy atom. The summed E-state index contributed by atoms with van der Waals surface area (Å²) < 4.78 is 0.881. The fourth-order valence-electron chi connectivity index (χ4n) is 1.63. The molecule has 0 bridgehead atoms. The lowest BCUT2D eigenvalue weighted by Gasteiger charge is -2.19. The van der Waals surface area contributed by atoms with E-state index >= 15 is 0 Å². The molecule has 0 unspecified atom stereocenters. The van der Waals surface area contributed by atoms with Crippen molar-refractivity contribution in [2.24, 2.45) is 0 Å². The van der Waals surface area contributed by atoms with Crippen molar-refractivity contribution >= 4 is 27.4 Å². The van der Waals surface area contributed by atoms with Gasteiger partial charge in [-0.3, -0.25) is 0 Å². The monoisotopic (exact) mass is 292 g/mol. The molecule has 88 valence electrons. The Labute approximate surface area is 109 Å². The fourth-order valence-corrected chi connectivity index (χ4v) is 2.15. The summed E-state index contributed by atoms with van der Waals surface area (Å²) in [4.78, 5) is 10.2. The molecule has 2 N–H and O–H groups in total. The van der Waals surface area contributed by atoms with E-state index in [1.807, 2.05) is 36.2 Å². The van der Waals surface area contributed by atoms with Gasteiger partial charge in [-0.15, -0.1) is 0 Å². The third kappa shape index (κ3) is 2.94. The van der Waals surface area contributed by atoms with Crippen LogP contribution in [0.15, 0.2) is 41.3 Å². The van der Waals surface area contributed by atoms with Gasteiger partial charge in [-0.1, -0.05) is 12.1 Å². The maximum absolute atomic E-state index is 5.75. The summed E-state index contributed by atoms with van der Waals surface area (Å²) >= 11 is 3.43. The molecule has 0 spiro atoms. The van der Waals surface area contributed by atoms with Crippen molar-refractivity contribution in [1.29, 1.82) is 0 Å². The molecule has 17 heavy (non-hydrogen) atoms. The molecule has 0 fully saturated rings. The number of aromatic nitrogens is 2. The topological polar surface area (TPSA) is 55.0 Å². The van der Waals surface area contributed by atoms with Gasteiger partial charge in [-0.25, -0.2) is 9.97 Å². The molecule has 0 saturated carbocycles. The first-order valence-electron chi connectivity index (χ1n) is 5.18. The van der Waals surface area contributed by atoms with Crippen LogP contribution >= 0.6 is 15.9 Å². The highest BCUT2D eigenvalue weighted by Crippen LogP contribution is 2.22. The molecule has 2 rings (SSSR count). The third-order valence-electron chi connectivity index (χ3n) is 2.38. The summed E-state index contributed by atoms with van der Waals surface area (Å²) in [6.45, 7) is 0.751. The molecule has 0 atom stereocenters. The average Bonchev–Trinajstić information content (AvgIpc) is 2.29. The molecule has 0 aliphatic carbocycles. The van der Waals surface area contributed by atoms with Crippen molar-refractivity contribution in [2.75, 3.05) is 17.7 Å². The summed E-state index contributed by atoms with van der Waals surface area (Å²) in [5.74, 6) is 0.863. The Kier molecular flexibility index (Phi) is 3.58. The summed E-state index contributed by atoms with van der Waals surface area (Å²) in [5, 5.41) is 0. The molecular weight excluding hydrogens is 280 g/mol. The molecule has 1 heterocycles. The van der Waals surface area contributed by atoms with Crippen molar-refractivity contribution in [1.82, 2.24) is 9.97 Å². The van der Waals surface area contributed by atoms with Crippen LogP contribution in [0.4, 0.5) is 11.5 Å². The first-order chi connectivity index (χ1) is 8.16. The standard InChI is InChI=1S/C12H13BrN4/c1-17(12-11(13)6-15-8-16-12)7-9-3-2-4-10(14)5-9/h2-6,8H,7,14H2,1H3. The van der Waals surface area contributed by atoms with E-state index < -0.39 is 0 Å². The van der Waals surface area contributed by atoms with Crippen molar-refractivity contribution in [3.8, 4) is 0 Å². The second-order valence-electron chi connectivity index (χ2n) is 3.80. The van der Waals surface area contributed by atoms with Crippen LogP contribution in [-0.2, 0) is 6.54 Å². The molecule has 0 aliphatic rings. The predicted molar refractivity (Wildman–Crippen MR) is 72.7 cm³/mol. The minimum Gasteiger partial charge on any atom is -0.399 e. The lowest BCUT2D eigenvalue weighted by atomic mass is 10.2. The number of halogens is 1. The second-order valence-corrected chi connectivity index (χ2v) is 4.65. The highest BCUT2D eigenvalue weighted by molar-refractivity contribution is 9.10. The molecule has 0 amide bonds. The van der Waals surface area contributed by atoms with Crippen LogP contribution in [0, 0.1) is 0 Å². The van der Waals surface area contributed by atoms with Gasteiger partial charge < -0.3 is 10.6 Å². The SMILES string of the molecule is CN(Cc1cccc(N)c1)c1ncncc1Br. The summed E-state index contributed by atoms with van der Waals surface area (Å²) in [7, 11) is 1.98. The zero-order valence-corrected chi connectivity index (χ0v) is 11.1. The van der Waals surface area contributed by atoms with Crippen molar-refractivity contribution in [3.05, 3.63) is 46.8 Å². The minimum atomic E-state index is 0.751. The number of anilines is 2. The number of hydrogen-bond acceptors (Lipinski definition) is 4. The Hall–Kier alpha value is -1.62. The Morgan fingerprint density at radius 3 is 2.94 bits per heavy atom. The van der Waals surface area contributed by atoms with E-state index in [0.717, 1.165) is 28.1 Å². The number of rotatable bonds is 3. The Morgan fingerprint density at radius 1 is 1.41 bits per heavy atom. The van der Waals surface area contributed by atoms with E-state index in [4.69, 9.17) is 5.73 Å². The fraction of sp³-hybridized carbons (Fsp3) is 0.167. The molecule has 5 heteroatoms. The van der Waals surface area contributed by atoms with Gasteiger partial charge in [0.05, 0.1) is 4.47 Å². The first-order valence-corrected chi connectivity index (χ1v) is 5.97. The van der Waals surface area contributed by atoms with E-state index in [-0.39, 0.29) is 0 Å².